The van der Waals surface area contributed by atoms with E-state index in [4.69, 9.17) is 0 Å². The molecule has 0 spiro atoms. The van der Waals surface area contributed by atoms with Gasteiger partial charge in [-0.2, -0.15) is 0 Å². The lowest BCUT2D eigenvalue weighted by molar-refractivity contribution is 0.334. The number of nitrogens with one attached hydrogen (secondary N) is 1. The summed E-state index contributed by atoms with van der Waals surface area (Å²) in [4.78, 5) is 1.48. The van der Waals surface area contributed by atoms with Crippen molar-refractivity contribution in [2.24, 2.45) is 0 Å². The second kappa shape index (κ2) is 5.52. The summed E-state index contributed by atoms with van der Waals surface area (Å²) in [6, 6.07) is 4.33. The van der Waals surface area contributed by atoms with E-state index in [1.165, 1.54) is 17.7 Å². The first-order valence-corrected chi connectivity index (χ1v) is 6.35. The van der Waals surface area contributed by atoms with E-state index in [2.05, 4.69) is 43.6 Å². The van der Waals surface area contributed by atoms with Gasteiger partial charge < -0.3 is 5.32 Å². The highest BCUT2D eigenvalue weighted by Gasteiger charge is 2.17. The molecule has 1 aromatic heterocycles. The van der Waals surface area contributed by atoms with Crippen molar-refractivity contribution in [2.75, 3.05) is 6.54 Å². The molecular formula is C12H21NS. The summed E-state index contributed by atoms with van der Waals surface area (Å²) in [6.07, 6.45) is 3.56. The highest BCUT2D eigenvalue weighted by atomic mass is 32.1. The van der Waals surface area contributed by atoms with E-state index in [0.717, 1.165) is 13.0 Å². The van der Waals surface area contributed by atoms with Crippen molar-refractivity contribution in [2.45, 2.75) is 45.6 Å². The summed E-state index contributed by atoms with van der Waals surface area (Å²) < 4.78 is 0. The molecule has 1 nitrogen and oxygen atoms in total. The average molecular weight is 211 g/mol. The molecule has 0 radical (unpaired) electrons. The van der Waals surface area contributed by atoms with E-state index in [1.807, 2.05) is 11.3 Å². The molecular weight excluding hydrogens is 190 g/mol. The summed E-state index contributed by atoms with van der Waals surface area (Å²) >= 11 is 1.85. The molecule has 80 valence electrons. The summed E-state index contributed by atoms with van der Waals surface area (Å²) in [6.45, 7) is 7.91. The lowest BCUT2D eigenvalue weighted by Crippen LogP contribution is -2.42. The molecule has 0 bridgehead atoms. The van der Waals surface area contributed by atoms with Gasteiger partial charge in [-0.3, -0.25) is 0 Å². The van der Waals surface area contributed by atoms with Crippen LogP contribution in [0, 0.1) is 0 Å². The Bertz CT molecular complexity index is 237. The Hall–Kier alpha value is -0.340. The fourth-order valence-corrected chi connectivity index (χ4v) is 2.15. The zero-order chi connectivity index (χ0) is 10.4. The molecule has 0 saturated heterocycles. The third kappa shape index (κ3) is 3.43. The van der Waals surface area contributed by atoms with E-state index in [9.17, 15) is 0 Å². The molecule has 0 saturated carbocycles. The Balaban J connectivity index is 2.27. The summed E-state index contributed by atoms with van der Waals surface area (Å²) in [5, 5.41) is 5.79. The van der Waals surface area contributed by atoms with Gasteiger partial charge >= 0.3 is 0 Å². The van der Waals surface area contributed by atoms with Crippen molar-refractivity contribution in [1.82, 2.24) is 5.32 Å². The van der Waals surface area contributed by atoms with Crippen LogP contribution in [0.4, 0.5) is 0 Å². The van der Waals surface area contributed by atoms with E-state index in [0.29, 0.717) is 5.54 Å². The van der Waals surface area contributed by atoms with E-state index >= 15 is 0 Å². The van der Waals surface area contributed by atoms with Crippen LogP contribution in [-0.2, 0) is 6.42 Å². The minimum Gasteiger partial charge on any atom is -0.311 e. The number of hydrogen-bond acceptors (Lipinski definition) is 2. The summed E-state index contributed by atoms with van der Waals surface area (Å²) in [7, 11) is 0. The Labute approximate surface area is 91.5 Å². The third-order valence-electron chi connectivity index (χ3n) is 3.06. The van der Waals surface area contributed by atoms with Crippen molar-refractivity contribution < 1.29 is 0 Å². The minimum absolute atomic E-state index is 0.331. The average Bonchev–Trinajstić information content (AvgIpc) is 2.70. The van der Waals surface area contributed by atoms with Crippen LogP contribution < -0.4 is 5.32 Å². The summed E-state index contributed by atoms with van der Waals surface area (Å²) in [5.74, 6) is 0. The number of hydrogen-bond donors (Lipinski definition) is 1. The van der Waals surface area contributed by atoms with E-state index in [-0.39, 0.29) is 0 Å². The Kier molecular flexibility index (Phi) is 4.63. The van der Waals surface area contributed by atoms with Crippen molar-refractivity contribution >= 4 is 11.3 Å². The Morgan fingerprint density at radius 3 is 2.57 bits per heavy atom. The van der Waals surface area contributed by atoms with Crippen molar-refractivity contribution in [3.05, 3.63) is 22.4 Å². The molecule has 0 aliphatic rings. The van der Waals surface area contributed by atoms with E-state index < -0.39 is 0 Å². The quantitative estimate of drug-likeness (QED) is 0.760. The summed E-state index contributed by atoms with van der Waals surface area (Å²) in [5.41, 5.74) is 0.331. The van der Waals surface area contributed by atoms with Crippen LogP contribution in [0.3, 0.4) is 0 Å². The van der Waals surface area contributed by atoms with Gasteiger partial charge in [0.15, 0.2) is 0 Å². The van der Waals surface area contributed by atoms with Gasteiger partial charge in [-0.1, -0.05) is 19.9 Å². The molecule has 0 aliphatic carbocycles. The highest BCUT2D eigenvalue weighted by molar-refractivity contribution is 7.09. The number of thiophene rings is 1. The normalized spacial score (nSPS) is 11.9. The standard InChI is InChI=1S/C12H21NS/c1-4-12(3,5-2)13-9-8-11-7-6-10-14-11/h6-7,10,13H,4-5,8-9H2,1-3H3. The van der Waals surface area contributed by atoms with Crippen LogP contribution in [-0.4, -0.2) is 12.1 Å². The molecule has 14 heavy (non-hydrogen) atoms. The topological polar surface area (TPSA) is 12.0 Å². The molecule has 1 N–H and O–H groups in total. The maximum Gasteiger partial charge on any atom is 0.0148 e. The van der Waals surface area contributed by atoms with Gasteiger partial charge in [0.1, 0.15) is 0 Å². The minimum atomic E-state index is 0.331. The molecule has 1 aromatic rings. The van der Waals surface area contributed by atoms with E-state index in [1.54, 1.807) is 0 Å². The predicted molar refractivity (Wildman–Crippen MR) is 65.0 cm³/mol. The molecule has 0 unspecified atom stereocenters. The van der Waals surface area contributed by atoms with Crippen LogP contribution in [0.1, 0.15) is 38.5 Å². The van der Waals surface area contributed by atoms with Gasteiger partial charge in [-0.05, 0) is 37.6 Å². The van der Waals surface area contributed by atoms with Crippen LogP contribution in [0.2, 0.25) is 0 Å². The van der Waals surface area contributed by atoms with Crippen LogP contribution in [0.5, 0.6) is 0 Å². The van der Waals surface area contributed by atoms with Gasteiger partial charge in [-0.15, -0.1) is 11.3 Å². The molecule has 1 rings (SSSR count). The first-order valence-electron chi connectivity index (χ1n) is 5.47. The first kappa shape index (κ1) is 11.7. The van der Waals surface area contributed by atoms with Gasteiger partial charge in [-0.25, -0.2) is 0 Å². The Morgan fingerprint density at radius 2 is 2.07 bits per heavy atom. The molecule has 0 fully saturated rings. The second-order valence-corrected chi connectivity index (χ2v) is 5.06. The predicted octanol–water partition coefficient (Wildman–Crippen LogP) is 3.46. The largest absolute Gasteiger partial charge is 0.311 e. The van der Waals surface area contributed by atoms with Crippen LogP contribution in [0.15, 0.2) is 17.5 Å². The Morgan fingerprint density at radius 1 is 1.36 bits per heavy atom. The molecule has 0 atom stereocenters. The lowest BCUT2D eigenvalue weighted by atomic mass is 9.95. The molecule has 0 aromatic carbocycles. The van der Waals surface area contributed by atoms with Gasteiger partial charge in [0, 0.05) is 17.0 Å². The first-order chi connectivity index (χ1) is 6.70. The number of rotatable bonds is 6. The van der Waals surface area contributed by atoms with Crippen LogP contribution >= 0.6 is 11.3 Å². The fraction of sp³-hybridized carbons (Fsp3) is 0.667. The maximum atomic E-state index is 3.64. The van der Waals surface area contributed by atoms with Gasteiger partial charge in [0.25, 0.3) is 0 Å². The van der Waals surface area contributed by atoms with Gasteiger partial charge in [0.05, 0.1) is 0 Å². The zero-order valence-corrected chi connectivity index (χ0v) is 10.3. The fourth-order valence-electron chi connectivity index (χ4n) is 1.44. The molecule has 2 heteroatoms. The monoisotopic (exact) mass is 211 g/mol. The smallest absolute Gasteiger partial charge is 0.0148 e. The molecule has 0 aliphatic heterocycles. The van der Waals surface area contributed by atoms with Crippen molar-refractivity contribution in [3.63, 3.8) is 0 Å². The van der Waals surface area contributed by atoms with Gasteiger partial charge in [0.2, 0.25) is 0 Å². The molecule has 1 heterocycles. The van der Waals surface area contributed by atoms with Crippen molar-refractivity contribution in [1.29, 1.82) is 0 Å². The third-order valence-corrected chi connectivity index (χ3v) is 4.00. The SMILES string of the molecule is CCC(C)(CC)NCCc1cccs1. The maximum absolute atomic E-state index is 3.64. The van der Waals surface area contributed by atoms with Crippen LogP contribution in [0.25, 0.3) is 0 Å². The molecule has 0 amide bonds. The zero-order valence-electron chi connectivity index (χ0n) is 9.47. The van der Waals surface area contributed by atoms with Crippen molar-refractivity contribution in [3.8, 4) is 0 Å². The lowest BCUT2D eigenvalue weighted by Gasteiger charge is -2.28. The highest BCUT2D eigenvalue weighted by Crippen LogP contribution is 2.14. The second-order valence-electron chi connectivity index (χ2n) is 4.02.